The molecule has 0 aliphatic rings. The molecular weight excluding hydrogens is 230 g/mol. The van der Waals surface area contributed by atoms with E-state index in [-0.39, 0.29) is 0 Å². The topological polar surface area (TPSA) is 22.1 Å². The highest BCUT2D eigenvalue weighted by molar-refractivity contribution is 9.10. The van der Waals surface area contributed by atoms with Crippen molar-refractivity contribution < 1.29 is 4.74 Å². The molecule has 0 aliphatic carbocycles. The van der Waals surface area contributed by atoms with Crippen LogP contribution in [0.25, 0.3) is 6.08 Å². The lowest BCUT2D eigenvalue weighted by atomic mass is 10.3. The summed E-state index contributed by atoms with van der Waals surface area (Å²) in [7, 11) is 1.70. The first-order valence-corrected chi connectivity index (χ1v) is 4.89. The molecule has 1 aromatic rings. The maximum atomic E-state index is 4.92. The number of rotatable bonds is 4. The van der Waals surface area contributed by atoms with Gasteiger partial charge < -0.3 is 4.74 Å². The number of hydrogen-bond acceptors (Lipinski definition) is 2. The van der Waals surface area contributed by atoms with E-state index >= 15 is 0 Å². The quantitative estimate of drug-likeness (QED) is 0.757. The zero-order valence-electron chi connectivity index (χ0n) is 7.53. The van der Waals surface area contributed by atoms with Gasteiger partial charge in [-0.3, -0.25) is 4.98 Å². The largest absolute Gasteiger partial charge is 0.384 e. The normalized spacial score (nSPS) is 10.9. The molecule has 70 valence electrons. The smallest absolute Gasteiger partial charge is 0.0637 e. The van der Waals surface area contributed by atoms with Crippen LogP contribution in [0.5, 0.6) is 0 Å². The van der Waals surface area contributed by atoms with Crippen LogP contribution >= 0.6 is 15.9 Å². The number of aromatic nitrogens is 1. The Balaban J connectivity index is 2.48. The molecule has 1 heterocycles. The summed E-state index contributed by atoms with van der Waals surface area (Å²) in [5.74, 6) is 0. The lowest BCUT2D eigenvalue weighted by molar-refractivity contribution is 0.204. The van der Waals surface area contributed by atoms with Gasteiger partial charge in [-0.1, -0.05) is 22.0 Å². The highest BCUT2D eigenvalue weighted by Crippen LogP contribution is 2.10. The monoisotopic (exact) mass is 241 g/mol. The Labute approximate surface area is 86.8 Å². The summed E-state index contributed by atoms with van der Waals surface area (Å²) < 4.78 is 5.97. The summed E-state index contributed by atoms with van der Waals surface area (Å²) in [5.41, 5.74) is 0.963. The highest BCUT2D eigenvalue weighted by atomic mass is 79.9. The van der Waals surface area contributed by atoms with Gasteiger partial charge in [0.25, 0.3) is 0 Å². The van der Waals surface area contributed by atoms with Crippen LogP contribution in [0.3, 0.4) is 0 Å². The number of ether oxygens (including phenoxy) is 1. The average molecular weight is 242 g/mol. The van der Waals surface area contributed by atoms with E-state index < -0.39 is 0 Å². The molecule has 0 fully saturated rings. The number of hydrogen-bond donors (Lipinski definition) is 0. The summed E-state index contributed by atoms with van der Waals surface area (Å²) in [6.07, 6.45) is 6.74. The predicted octanol–water partition coefficient (Wildman–Crippen LogP) is 2.89. The maximum absolute atomic E-state index is 4.92. The Morgan fingerprint density at radius 1 is 1.62 bits per heavy atom. The van der Waals surface area contributed by atoms with Gasteiger partial charge in [0.05, 0.1) is 5.69 Å². The van der Waals surface area contributed by atoms with E-state index in [1.54, 1.807) is 13.3 Å². The standard InChI is InChI=1S/C10H12BrNO/c1-13-7-3-2-4-10-8-9(11)5-6-12-10/h2,4-6,8H,3,7H2,1H3. The molecule has 0 saturated carbocycles. The minimum atomic E-state index is 0.754. The van der Waals surface area contributed by atoms with Crippen molar-refractivity contribution in [3.05, 3.63) is 34.6 Å². The Morgan fingerprint density at radius 2 is 2.46 bits per heavy atom. The number of methoxy groups -OCH3 is 1. The Kier molecular flexibility index (Phi) is 4.72. The van der Waals surface area contributed by atoms with Crippen LogP contribution in [0.4, 0.5) is 0 Å². The van der Waals surface area contributed by atoms with Gasteiger partial charge in [-0.25, -0.2) is 0 Å². The molecule has 0 amide bonds. The average Bonchev–Trinajstić information content (AvgIpc) is 2.13. The third kappa shape index (κ3) is 4.20. The van der Waals surface area contributed by atoms with Crippen LogP contribution in [0, 0.1) is 0 Å². The van der Waals surface area contributed by atoms with Gasteiger partial charge in [-0.05, 0) is 24.6 Å². The second-order valence-corrected chi connectivity index (χ2v) is 3.50. The van der Waals surface area contributed by atoms with E-state index in [1.165, 1.54) is 0 Å². The molecule has 0 radical (unpaired) electrons. The van der Waals surface area contributed by atoms with Crippen LogP contribution < -0.4 is 0 Å². The molecule has 0 unspecified atom stereocenters. The molecule has 0 N–H and O–H groups in total. The third-order valence-electron chi connectivity index (χ3n) is 1.52. The van der Waals surface area contributed by atoms with Gasteiger partial charge in [0.2, 0.25) is 0 Å². The summed E-state index contributed by atoms with van der Waals surface area (Å²) in [4.78, 5) is 4.18. The second-order valence-electron chi connectivity index (χ2n) is 2.58. The van der Waals surface area contributed by atoms with Crippen molar-refractivity contribution in [2.24, 2.45) is 0 Å². The number of pyridine rings is 1. The van der Waals surface area contributed by atoms with Crippen LogP contribution in [-0.4, -0.2) is 18.7 Å². The van der Waals surface area contributed by atoms with Crippen LogP contribution in [0.15, 0.2) is 28.9 Å². The third-order valence-corrected chi connectivity index (χ3v) is 2.01. The fraction of sp³-hybridized carbons (Fsp3) is 0.300. The summed E-state index contributed by atoms with van der Waals surface area (Å²) in [6.45, 7) is 0.754. The fourth-order valence-corrected chi connectivity index (χ4v) is 1.26. The van der Waals surface area contributed by atoms with Crippen molar-refractivity contribution in [3.63, 3.8) is 0 Å². The first kappa shape index (κ1) is 10.4. The lowest BCUT2D eigenvalue weighted by Crippen LogP contribution is -1.84. The van der Waals surface area contributed by atoms with Gasteiger partial charge in [0.15, 0.2) is 0 Å². The fourth-order valence-electron chi connectivity index (χ4n) is 0.902. The van der Waals surface area contributed by atoms with E-state index in [0.29, 0.717) is 0 Å². The van der Waals surface area contributed by atoms with Crippen molar-refractivity contribution in [3.8, 4) is 0 Å². The van der Waals surface area contributed by atoms with Crippen molar-refractivity contribution in [2.75, 3.05) is 13.7 Å². The van der Waals surface area contributed by atoms with Crippen LogP contribution in [0.2, 0.25) is 0 Å². The van der Waals surface area contributed by atoms with Gasteiger partial charge >= 0.3 is 0 Å². The molecule has 0 aliphatic heterocycles. The summed E-state index contributed by atoms with van der Waals surface area (Å²) in [6, 6.07) is 3.88. The molecule has 2 nitrogen and oxygen atoms in total. The van der Waals surface area contributed by atoms with Gasteiger partial charge in [-0.15, -0.1) is 0 Å². The molecular formula is C10H12BrNO. The predicted molar refractivity (Wildman–Crippen MR) is 57.5 cm³/mol. The van der Waals surface area contributed by atoms with E-state index in [9.17, 15) is 0 Å². The molecule has 3 heteroatoms. The van der Waals surface area contributed by atoms with Crippen LogP contribution in [-0.2, 0) is 4.74 Å². The Bertz CT molecular complexity index is 286. The first-order valence-electron chi connectivity index (χ1n) is 4.10. The van der Waals surface area contributed by atoms with Crippen molar-refractivity contribution in [1.29, 1.82) is 0 Å². The maximum Gasteiger partial charge on any atom is 0.0637 e. The summed E-state index contributed by atoms with van der Waals surface area (Å²) >= 11 is 3.39. The van der Waals surface area contributed by atoms with Crippen molar-refractivity contribution in [1.82, 2.24) is 4.98 Å². The van der Waals surface area contributed by atoms with E-state index in [0.717, 1.165) is 23.2 Å². The minimum absolute atomic E-state index is 0.754. The molecule has 1 rings (SSSR count). The lowest BCUT2D eigenvalue weighted by Gasteiger charge is -1.93. The van der Waals surface area contributed by atoms with Crippen LogP contribution in [0.1, 0.15) is 12.1 Å². The summed E-state index contributed by atoms with van der Waals surface area (Å²) in [5, 5.41) is 0. The zero-order valence-corrected chi connectivity index (χ0v) is 9.12. The number of halogens is 1. The van der Waals surface area contributed by atoms with E-state index in [4.69, 9.17) is 4.74 Å². The molecule has 0 spiro atoms. The molecule has 0 saturated heterocycles. The molecule has 1 aromatic heterocycles. The first-order chi connectivity index (χ1) is 6.33. The van der Waals surface area contributed by atoms with E-state index in [1.807, 2.05) is 18.2 Å². The minimum Gasteiger partial charge on any atom is -0.384 e. The highest BCUT2D eigenvalue weighted by Gasteiger charge is 1.88. The van der Waals surface area contributed by atoms with Crippen molar-refractivity contribution >= 4 is 22.0 Å². The van der Waals surface area contributed by atoms with Gasteiger partial charge in [0.1, 0.15) is 0 Å². The van der Waals surface area contributed by atoms with E-state index in [2.05, 4.69) is 27.0 Å². The molecule has 13 heavy (non-hydrogen) atoms. The Hall–Kier alpha value is -0.670. The SMILES string of the molecule is COCCC=Cc1cc(Br)ccn1. The molecule has 0 bridgehead atoms. The van der Waals surface area contributed by atoms with Crippen molar-refractivity contribution in [2.45, 2.75) is 6.42 Å². The molecule has 0 aromatic carbocycles. The second kappa shape index (κ2) is 5.89. The molecule has 0 atom stereocenters. The van der Waals surface area contributed by atoms with Gasteiger partial charge in [0, 0.05) is 24.4 Å². The number of nitrogens with zero attached hydrogens (tertiary/aromatic N) is 1. The Morgan fingerprint density at radius 3 is 3.15 bits per heavy atom. The zero-order chi connectivity index (χ0) is 9.52. The van der Waals surface area contributed by atoms with Gasteiger partial charge in [-0.2, -0.15) is 0 Å².